The molecular weight excluding hydrogens is 414 g/mol. The number of rotatable bonds is 7. The average Bonchev–Trinajstić information content (AvgIpc) is 3.21. The fourth-order valence-electron chi connectivity index (χ4n) is 4.58. The summed E-state index contributed by atoms with van der Waals surface area (Å²) in [5, 5.41) is 13.4. The number of nitrogens with zero attached hydrogens (tertiary/aromatic N) is 1. The van der Waals surface area contributed by atoms with Gasteiger partial charge in [0.05, 0.1) is 20.3 Å². The van der Waals surface area contributed by atoms with Crippen LogP contribution in [-0.2, 0) is 11.2 Å². The maximum absolute atomic E-state index is 10.7. The molecule has 0 bridgehead atoms. The lowest BCUT2D eigenvalue weighted by Gasteiger charge is -2.26. The van der Waals surface area contributed by atoms with Crippen molar-refractivity contribution in [3.05, 3.63) is 71.5 Å². The molecule has 5 heteroatoms. The van der Waals surface area contributed by atoms with Gasteiger partial charge in [-0.3, -0.25) is 4.90 Å². The van der Waals surface area contributed by atoms with Gasteiger partial charge in [-0.15, -0.1) is 0 Å². The molecule has 0 atom stereocenters. The minimum atomic E-state index is 0.289. The molecule has 5 nitrogen and oxygen atoms in total. The summed E-state index contributed by atoms with van der Waals surface area (Å²) in [6.45, 7) is 4.61. The van der Waals surface area contributed by atoms with Crippen LogP contribution in [0.1, 0.15) is 23.3 Å². The van der Waals surface area contributed by atoms with Crippen molar-refractivity contribution in [1.82, 2.24) is 4.90 Å². The Morgan fingerprint density at radius 3 is 2.61 bits per heavy atom. The van der Waals surface area contributed by atoms with Crippen LogP contribution in [0.25, 0.3) is 33.9 Å². The van der Waals surface area contributed by atoms with Crippen molar-refractivity contribution in [2.45, 2.75) is 12.8 Å². The lowest BCUT2D eigenvalue weighted by molar-refractivity contribution is 0.0375. The van der Waals surface area contributed by atoms with Gasteiger partial charge in [0.2, 0.25) is 0 Å². The minimum absolute atomic E-state index is 0.289. The zero-order chi connectivity index (χ0) is 22.6. The molecule has 0 unspecified atom stereocenters. The fraction of sp³-hybridized carbons (Fsp3) is 0.286. The minimum Gasteiger partial charge on any atom is -0.507 e. The second kappa shape index (κ2) is 9.69. The van der Waals surface area contributed by atoms with Crippen LogP contribution in [0.4, 0.5) is 0 Å². The first-order chi connectivity index (χ1) is 16.2. The number of hydrogen-bond acceptors (Lipinski definition) is 5. The molecule has 1 aliphatic rings. The number of benzene rings is 3. The maximum Gasteiger partial charge on any atom is 0.143 e. The van der Waals surface area contributed by atoms with Crippen molar-refractivity contribution in [2.75, 3.05) is 40.0 Å². The Morgan fingerprint density at radius 1 is 0.970 bits per heavy atom. The molecule has 1 aromatic heterocycles. The number of morpholine rings is 1. The van der Waals surface area contributed by atoms with E-state index in [-0.39, 0.29) is 5.75 Å². The number of aromatic hydroxyl groups is 1. The molecule has 0 aliphatic carbocycles. The number of ether oxygens (including phenoxy) is 2. The molecule has 0 saturated carbocycles. The van der Waals surface area contributed by atoms with E-state index in [9.17, 15) is 5.11 Å². The topological polar surface area (TPSA) is 55.1 Å². The molecular formula is C28H29NO4. The smallest absolute Gasteiger partial charge is 0.143 e. The van der Waals surface area contributed by atoms with Crippen LogP contribution >= 0.6 is 0 Å². The highest BCUT2D eigenvalue weighted by Gasteiger charge is 2.18. The highest BCUT2D eigenvalue weighted by molar-refractivity contribution is 6.09. The van der Waals surface area contributed by atoms with Gasteiger partial charge in [-0.25, -0.2) is 0 Å². The van der Waals surface area contributed by atoms with Crippen molar-refractivity contribution >= 4 is 33.9 Å². The summed E-state index contributed by atoms with van der Waals surface area (Å²) in [5.41, 5.74) is 3.01. The Balaban J connectivity index is 1.51. The van der Waals surface area contributed by atoms with Crippen LogP contribution in [-0.4, -0.2) is 50.0 Å². The summed E-state index contributed by atoms with van der Waals surface area (Å²) in [5.74, 6) is 1.95. The molecule has 1 saturated heterocycles. The molecule has 0 amide bonds. The monoisotopic (exact) mass is 443 g/mol. The van der Waals surface area contributed by atoms with Gasteiger partial charge in [-0.1, -0.05) is 42.5 Å². The largest absolute Gasteiger partial charge is 0.507 e. The first kappa shape index (κ1) is 21.6. The van der Waals surface area contributed by atoms with Crippen LogP contribution in [0, 0.1) is 0 Å². The zero-order valence-corrected chi connectivity index (χ0v) is 18.9. The summed E-state index contributed by atoms with van der Waals surface area (Å²) in [7, 11) is 1.67. The Bertz CT molecular complexity index is 1280. The van der Waals surface area contributed by atoms with E-state index in [0.29, 0.717) is 0 Å². The SMILES string of the molecule is COc1cccc(/C=C/c2oc3c(cc(O)c4ccccc43)c2CCCN2CCOCC2)c1. The van der Waals surface area contributed by atoms with E-state index in [1.54, 1.807) is 7.11 Å². The second-order valence-electron chi connectivity index (χ2n) is 8.43. The van der Waals surface area contributed by atoms with Gasteiger partial charge in [0, 0.05) is 34.8 Å². The van der Waals surface area contributed by atoms with E-state index in [0.717, 1.165) is 90.1 Å². The standard InChI is InChI=1S/C28H29NO4/c1-31-21-7-4-6-20(18-21)11-12-27-23(10-5-13-29-14-16-32-17-15-29)25-19-26(30)22-8-2-3-9-24(22)28(25)33-27/h2-4,6-9,11-12,18-19,30H,5,10,13-17H2,1H3/b12-11+. The highest BCUT2D eigenvalue weighted by atomic mass is 16.5. The number of hydrogen-bond donors (Lipinski definition) is 1. The summed E-state index contributed by atoms with van der Waals surface area (Å²) < 4.78 is 17.2. The van der Waals surface area contributed by atoms with Gasteiger partial charge in [0.25, 0.3) is 0 Å². The third-order valence-corrected chi connectivity index (χ3v) is 6.33. The van der Waals surface area contributed by atoms with E-state index < -0.39 is 0 Å². The average molecular weight is 444 g/mol. The third kappa shape index (κ3) is 4.61. The zero-order valence-electron chi connectivity index (χ0n) is 18.9. The van der Waals surface area contributed by atoms with Crippen molar-refractivity contribution < 1.29 is 19.0 Å². The normalized spacial score (nSPS) is 15.1. The first-order valence-electron chi connectivity index (χ1n) is 11.5. The summed E-state index contributed by atoms with van der Waals surface area (Å²) >= 11 is 0. The molecule has 170 valence electrons. The molecule has 0 spiro atoms. The van der Waals surface area contributed by atoms with E-state index in [2.05, 4.69) is 4.90 Å². The predicted molar refractivity (Wildman–Crippen MR) is 133 cm³/mol. The van der Waals surface area contributed by atoms with Gasteiger partial charge in [0.1, 0.15) is 22.8 Å². The lowest BCUT2D eigenvalue weighted by atomic mass is 10.0. The lowest BCUT2D eigenvalue weighted by Crippen LogP contribution is -2.36. The first-order valence-corrected chi connectivity index (χ1v) is 11.5. The Labute approximate surface area is 193 Å². The van der Waals surface area contributed by atoms with Crippen LogP contribution in [0.2, 0.25) is 0 Å². The molecule has 1 aliphatic heterocycles. The molecule has 2 heterocycles. The van der Waals surface area contributed by atoms with Gasteiger partial charge in [-0.2, -0.15) is 0 Å². The number of furan rings is 1. The Morgan fingerprint density at radius 2 is 1.79 bits per heavy atom. The quantitative estimate of drug-likeness (QED) is 0.395. The Kier molecular flexibility index (Phi) is 6.33. The number of aryl methyl sites for hydroxylation is 1. The number of phenols is 1. The Hall–Kier alpha value is -3.28. The van der Waals surface area contributed by atoms with Crippen LogP contribution < -0.4 is 4.74 Å². The van der Waals surface area contributed by atoms with Crippen molar-refractivity contribution in [3.63, 3.8) is 0 Å². The number of methoxy groups -OCH3 is 1. The summed E-state index contributed by atoms with van der Waals surface area (Å²) in [6.07, 6.45) is 5.97. The molecule has 0 radical (unpaired) electrons. The van der Waals surface area contributed by atoms with Crippen molar-refractivity contribution in [2.24, 2.45) is 0 Å². The van der Waals surface area contributed by atoms with E-state index in [4.69, 9.17) is 13.9 Å². The second-order valence-corrected chi connectivity index (χ2v) is 8.43. The summed E-state index contributed by atoms with van der Waals surface area (Å²) in [6, 6.07) is 17.7. The fourth-order valence-corrected chi connectivity index (χ4v) is 4.58. The number of fused-ring (bicyclic) bond motifs is 3. The van der Waals surface area contributed by atoms with E-state index in [1.165, 1.54) is 0 Å². The van der Waals surface area contributed by atoms with Gasteiger partial charge >= 0.3 is 0 Å². The predicted octanol–water partition coefficient (Wildman–Crippen LogP) is 5.74. The summed E-state index contributed by atoms with van der Waals surface area (Å²) in [4.78, 5) is 2.45. The van der Waals surface area contributed by atoms with Crippen LogP contribution in [0.15, 0.2) is 59.0 Å². The maximum atomic E-state index is 10.7. The highest BCUT2D eigenvalue weighted by Crippen LogP contribution is 2.38. The van der Waals surface area contributed by atoms with Crippen LogP contribution in [0.3, 0.4) is 0 Å². The van der Waals surface area contributed by atoms with Gasteiger partial charge in [0.15, 0.2) is 0 Å². The van der Waals surface area contributed by atoms with Crippen molar-refractivity contribution in [1.29, 1.82) is 0 Å². The third-order valence-electron chi connectivity index (χ3n) is 6.33. The van der Waals surface area contributed by atoms with Crippen molar-refractivity contribution in [3.8, 4) is 11.5 Å². The molecule has 33 heavy (non-hydrogen) atoms. The van der Waals surface area contributed by atoms with E-state index >= 15 is 0 Å². The van der Waals surface area contributed by atoms with Gasteiger partial charge in [-0.05, 0) is 49.2 Å². The molecule has 1 N–H and O–H groups in total. The van der Waals surface area contributed by atoms with Gasteiger partial charge < -0.3 is 19.0 Å². The van der Waals surface area contributed by atoms with E-state index in [1.807, 2.05) is 66.7 Å². The number of phenolic OH excluding ortho intramolecular Hbond substituents is 1. The van der Waals surface area contributed by atoms with Crippen LogP contribution in [0.5, 0.6) is 11.5 Å². The molecule has 1 fully saturated rings. The molecule has 4 aromatic rings. The molecule has 3 aromatic carbocycles. The molecule has 5 rings (SSSR count).